The number of aromatic nitrogens is 3. The minimum atomic E-state index is -0.287. The molecule has 0 bridgehead atoms. The molecule has 1 spiro atoms. The highest BCUT2D eigenvalue weighted by Gasteiger charge is 2.54. The van der Waals surface area contributed by atoms with Gasteiger partial charge >= 0.3 is 0 Å². The van der Waals surface area contributed by atoms with Gasteiger partial charge in [-0.3, -0.25) is 30.0 Å². The van der Waals surface area contributed by atoms with Gasteiger partial charge in [0.2, 0.25) is 11.8 Å². The summed E-state index contributed by atoms with van der Waals surface area (Å²) >= 11 is 0. The van der Waals surface area contributed by atoms with E-state index >= 15 is 0 Å². The summed E-state index contributed by atoms with van der Waals surface area (Å²) < 4.78 is 1.71. The summed E-state index contributed by atoms with van der Waals surface area (Å²) in [6.45, 7) is 4.24. The monoisotopic (exact) mass is 584 g/mol. The Morgan fingerprint density at radius 3 is 2.58 bits per heavy atom. The van der Waals surface area contributed by atoms with E-state index in [4.69, 9.17) is 0 Å². The summed E-state index contributed by atoms with van der Waals surface area (Å²) in [5.41, 5.74) is 10.3. The standard InChI is InChI=1S/C33H44N8O2/c1-38-21-34-31(37-38)25-6-2-22(3-7-25)23-10-14-40(15-11-23)29(42)19-39-16-12-33(20-39)13-17-41(32(33)43)26-8-9-28-27(18-26)30(36-35-28)24-4-5-24/h2-3,6-7,10,21,24,26-28,30,35-36H,4-5,8-9,11-20H2,1H3/t26?,27?,28?,30?,33-/m0/s1. The van der Waals surface area contributed by atoms with Crippen molar-refractivity contribution in [2.45, 2.75) is 69.5 Å². The lowest BCUT2D eigenvalue weighted by atomic mass is 9.77. The zero-order chi connectivity index (χ0) is 29.1. The van der Waals surface area contributed by atoms with Crippen molar-refractivity contribution in [3.63, 3.8) is 0 Å². The molecule has 6 aliphatic rings. The van der Waals surface area contributed by atoms with Gasteiger partial charge in [-0.05, 0) is 80.9 Å². The number of carbonyl (C=O) groups excluding carboxylic acids is 2. The van der Waals surface area contributed by atoms with Crippen LogP contribution in [0.5, 0.6) is 0 Å². The Labute approximate surface area is 253 Å². The van der Waals surface area contributed by atoms with Crippen molar-refractivity contribution in [1.29, 1.82) is 0 Å². The molecule has 4 unspecified atom stereocenters. The van der Waals surface area contributed by atoms with Crippen molar-refractivity contribution >= 4 is 17.4 Å². The van der Waals surface area contributed by atoms with E-state index in [0.29, 0.717) is 43.0 Å². The first-order valence-electron chi connectivity index (χ1n) is 16.4. The van der Waals surface area contributed by atoms with Crippen molar-refractivity contribution in [3.8, 4) is 11.4 Å². The van der Waals surface area contributed by atoms with Crippen LogP contribution in [0.2, 0.25) is 0 Å². The van der Waals surface area contributed by atoms with Crippen LogP contribution >= 0.6 is 0 Å². The largest absolute Gasteiger partial charge is 0.339 e. The number of hydrogen-bond acceptors (Lipinski definition) is 7. The minimum absolute atomic E-state index is 0.178. The van der Waals surface area contributed by atoms with Crippen LogP contribution < -0.4 is 10.9 Å². The van der Waals surface area contributed by atoms with Crippen molar-refractivity contribution in [3.05, 3.63) is 42.2 Å². The van der Waals surface area contributed by atoms with E-state index < -0.39 is 0 Å². The lowest BCUT2D eigenvalue weighted by Crippen LogP contribution is -2.48. The first-order valence-corrected chi connectivity index (χ1v) is 16.4. The van der Waals surface area contributed by atoms with Crippen molar-refractivity contribution in [2.24, 2.45) is 24.3 Å². The third kappa shape index (κ3) is 5.11. The van der Waals surface area contributed by atoms with Gasteiger partial charge in [0.05, 0.1) is 12.0 Å². The van der Waals surface area contributed by atoms with Crippen LogP contribution in [-0.4, -0.2) is 98.7 Å². The molecule has 1 aromatic carbocycles. The number of nitrogens with zero attached hydrogens (tertiary/aromatic N) is 6. The molecule has 2 N–H and O–H groups in total. The van der Waals surface area contributed by atoms with Gasteiger partial charge in [-0.25, -0.2) is 4.98 Å². The van der Waals surface area contributed by atoms with E-state index in [9.17, 15) is 9.59 Å². The number of amides is 2. The molecule has 5 heterocycles. The summed E-state index contributed by atoms with van der Waals surface area (Å²) in [6, 6.07) is 9.91. The Morgan fingerprint density at radius 1 is 1.02 bits per heavy atom. The van der Waals surface area contributed by atoms with Gasteiger partial charge < -0.3 is 9.80 Å². The summed E-state index contributed by atoms with van der Waals surface area (Å²) in [5, 5.41) is 4.38. The normalized spacial score (nSPS) is 33.0. The molecule has 8 rings (SSSR count). The summed E-state index contributed by atoms with van der Waals surface area (Å²) in [6.07, 6.45) is 12.7. The van der Waals surface area contributed by atoms with E-state index in [1.54, 1.807) is 11.0 Å². The Bertz CT molecular complexity index is 1420. The lowest BCUT2D eigenvalue weighted by molar-refractivity contribution is -0.139. The third-order valence-corrected chi connectivity index (χ3v) is 11.4. The maximum Gasteiger partial charge on any atom is 0.237 e. The predicted molar refractivity (Wildman–Crippen MR) is 163 cm³/mol. The average Bonchev–Trinajstić information content (AvgIpc) is 3.31. The maximum atomic E-state index is 13.9. The average molecular weight is 585 g/mol. The second-order valence-corrected chi connectivity index (χ2v) is 14.0. The molecule has 2 aliphatic carbocycles. The van der Waals surface area contributed by atoms with Crippen molar-refractivity contribution in [1.82, 2.24) is 40.3 Å². The molecule has 1 aromatic heterocycles. The van der Waals surface area contributed by atoms with E-state index in [1.165, 1.54) is 24.0 Å². The molecule has 43 heavy (non-hydrogen) atoms. The van der Waals surface area contributed by atoms with Crippen LogP contribution in [0.3, 0.4) is 0 Å². The number of aryl methyl sites for hydroxylation is 1. The van der Waals surface area contributed by atoms with E-state index in [-0.39, 0.29) is 11.3 Å². The number of carbonyl (C=O) groups is 2. The van der Waals surface area contributed by atoms with Crippen molar-refractivity contribution in [2.75, 3.05) is 39.3 Å². The highest BCUT2D eigenvalue weighted by Crippen LogP contribution is 2.46. The number of hydrazine groups is 1. The molecule has 2 amide bonds. The fourth-order valence-corrected chi connectivity index (χ4v) is 8.70. The highest BCUT2D eigenvalue weighted by atomic mass is 16.2. The molecule has 3 saturated heterocycles. The number of rotatable bonds is 6. The first kappa shape index (κ1) is 27.5. The molecule has 5 atom stereocenters. The molecule has 4 aliphatic heterocycles. The fourth-order valence-electron chi connectivity index (χ4n) is 8.70. The van der Waals surface area contributed by atoms with Gasteiger partial charge in [0.15, 0.2) is 5.82 Å². The summed E-state index contributed by atoms with van der Waals surface area (Å²) in [7, 11) is 1.87. The first-order chi connectivity index (χ1) is 21.0. The van der Waals surface area contributed by atoms with Crippen LogP contribution in [0.4, 0.5) is 0 Å². The van der Waals surface area contributed by atoms with Crippen LogP contribution in [0.1, 0.15) is 56.9 Å². The number of benzene rings is 1. The van der Waals surface area contributed by atoms with Crippen LogP contribution in [0.15, 0.2) is 36.7 Å². The van der Waals surface area contributed by atoms with E-state index in [2.05, 4.69) is 61.1 Å². The molecule has 2 aromatic rings. The zero-order valence-electron chi connectivity index (χ0n) is 25.3. The van der Waals surface area contributed by atoms with Crippen LogP contribution in [0, 0.1) is 17.3 Å². The fraction of sp³-hybridized carbons (Fsp3) is 0.636. The molecular weight excluding hydrogens is 540 g/mol. The molecular formula is C33H44N8O2. The second kappa shape index (κ2) is 10.8. The number of hydrogen-bond donors (Lipinski definition) is 2. The molecule has 2 saturated carbocycles. The molecule has 10 heteroatoms. The van der Waals surface area contributed by atoms with Gasteiger partial charge in [0.1, 0.15) is 6.33 Å². The van der Waals surface area contributed by atoms with Gasteiger partial charge in [0, 0.05) is 56.9 Å². The topological polar surface area (TPSA) is 98.6 Å². The Kier molecular flexibility index (Phi) is 6.91. The SMILES string of the molecule is Cn1cnc(-c2ccc(C3=CCN(C(=O)CN4CC[C@]5(CCN(C6CCC7NNC(C8CC8)C7C6)C5=O)C4)CC3)cc2)n1. The predicted octanol–water partition coefficient (Wildman–Crippen LogP) is 2.45. The van der Waals surface area contributed by atoms with Gasteiger partial charge in [0.25, 0.3) is 0 Å². The van der Waals surface area contributed by atoms with E-state index in [0.717, 1.165) is 82.0 Å². The quantitative estimate of drug-likeness (QED) is 0.538. The summed E-state index contributed by atoms with van der Waals surface area (Å²) in [5.74, 6) is 2.75. The van der Waals surface area contributed by atoms with Gasteiger partial charge in [-0.15, -0.1) is 0 Å². The molecule has 10 nitrogen and oxygen atoms in total. The third-order valence-electron chi connectivity index (χ3n) is 11.4. The van der Waals surface area contributed by atoms with Gasteiger partial charge in [-0.2, -0.15) is 5.10 Å². The molecule has 0 radical (unpaired) electrons. The van der Waals surface area contributed by atoms with Crippen LogP contribution in [-0.2, 0) is 16.6 Å². The van der Waals surface area contributed by atoms with Gasteiger partial charge in [-0.1, -0.05) is 30.3 Å². The summed E-state index contributed by atoms with van der Waals surface area (Å²) in [4.78, 5) is 38.0. The molecule has 228 valence electrons. The smallest absolute Gasteiger partial charge is 0.237 e. The Balaban J connectivity index is 0.844. The number of fused-ring (bicyclic) bond motifs is 1. The van der Waals surface area contributed by atoms with Crippen molar-refractivity contribution < 1.29 is 9.59 Å². The maximum absolute atomic E-state index is 13.9. The molecule has 5 fully saturated rings. The Hall–Kier alpha value is -3.08. The lowest BCUT2D eigenvalue weighted by Gasteiger charge is -2.38. The minimum Gasteiger partial charge on any atom is -0.339 e. The van der Waals surface area contributed by atoms with E-state index in [1.807, 2.05) is 11.9 Å². The number of likely N-dealkylation sites (tertiary alicyclic amines) is 2. The highest BCUT2D eigenvalue weighted by molar-refractivity contribution is 5.86. The Morgan fingerprint density at radius 2 is 1.84 bits per heavy atom. The second-order valence-electron chi connectivity index (χ2n) is 14.0. The zero-order valence-corrected chi connectivity index (χ0v) is 25.3. The van der Waals surface area contributed by atoms with Crippen LogP contribution in [0.25, 0.3) is 17.0 Å². The number of nitrogens with one attached hydrogen (secondary N) is 2.